The third-order valence-corrected chi connectivity index (χ3v) is 8.05. The molecule has 230 valence electrons. The number of amides is 3. The number of methoxy groups -OCH3 is 1. The van der Waals surface area contributed by atoms with Crippen LogP contribution in [0.1, 0.15) is 41.3 Å². The van der Waals surface area contributed by atoms with Gasteiger partial charge in [-0.2, -0.15) is 0 Å². The first-order valence-corrected chi connectivity index (χ1v) is 15.3. The lowest BCUT2D eigenvalue weighted by Crippen LogP contribution is -2.36. The Bertz CT molecular complexity index is 1620. The topological polar surface area (TPSA) is 111 Å². The fourth-order valence-corrected chi connectivity index (χ4v) is 5.58. The smallest absolute Gasteiger partial charge is 0.339 e. The summed E-state index contributed by atoms with van der Waals surface area (Å²) in [6.45, 7) is 1.83. The third kappa shape index (κ3) is 8.40. The van der Waals surface area contributed by atoms with Crippen LogP contribution in [0.15, 0.2) is 64.0 Å². The Morgan fingerprint density at radius 1 is 1.11 bits per heavy atom. The van der Waals surface area contributed by atoms with Crippen molar-refractivity contribution in [2.24, 2.45) is 0 Å². The number of rotatable bonds is 12. The minimum atomic E-state index is -0.645. The number of hydrogen-bond acceptors (Lipinski definition) is 8. The Labute approximate surface area is 270 Å². The summed E-state index contributed by atoms with van der Waals surface area (Å²) in [6.07, 6.45) is 3.07. The van der Waals surface area contributed by atoms with Gasteiger partial charge in [-0.1, -0.05) is 37.1 Å². The predicted molar refractivity (Wildman–Crippen MR) is 169 cm³/mol. The highest BCUT2D eigenvalue weighted by molar-refractivity contribution is 9.10. The fraction of sp³-hybridized carbons (Fsp3) is 0.226. The molecule has 1 saturated heterocycles. The Morgan fingerprint density at radius 3 is 2.57 bits per heavy atom. The van der Waals surface area contributed by atoms with E-state index in [1.165, 1.54) is 43.5 Å². The van der Waals surface area contributed by atoms with Crippen LogP contribution in [0.2, 0.25) is 5.02 Å². The maximum Gasteiger partial charge on any atom is 0.339 e. The highest BCUT2D eigenvalue weighted by Gasteiger charge is 2.36. The van der Waals surface area contributed by atoms with Crippen molar-refractivity contribution in [2.45, 2.75) is 26.4 Å². The van der Waals surface area contributed by atoms with E-state index in [0.29, 0.717) is 39.7 Å². The van der Waals surface area contributed by atoms with Gasteiger partial charge in [0.05, 0.1) is 33.7 Å². The third-order valence-electron chi connectivity index (χ3n) is 6.22. The normalized spacial score (nSPS) is 13.8. The van der Waals surface area contributed by atoms with Gasteiger partial charge in [-0.3, -0.25) is 19.3 Å². The Kier molecular flexibility index (Phi) is 11.4. The number of unbranched alkanes of at least 4 members (excludes halogenated alkanes) is 1. The van der Waals surface area contributed by atoms with Crippen LogP contribution in [0.3, 0.4) is 0 Å². The van der Waals surface area contributed by atoms with Crippen LogP contribution in [-0.4, -0.2) is 48.2 Å². The van der Waals surface area contributed by atoms with Crippen LogP contribution in [0.25, 0.3) is 6.08 Å². The predicted octanol–water partition coefficient (Wildman–Crippen LogP) is 7.46. The molecule has 1 N–H and O–H groups in total. The molecule has 3 aromatic rings. The molecule has 13 heteroatoms. The van der Waals surface area contributed by atoms with E-state index in [4.69, 9.17) is 25.8 Å². The molecule has 0 spiro atoms. The van der Waals surface area contributed by atoms with E-state index < -0.39 is 29.6 Å². The van der Waals surface area contributed by atoms with Gasteiger partial charge in [-0.15, -0.1) is 0 Å². The van der Waals surface area contributed by atoms with Gasteiger partial charge in [-0.05, 0) is 93.8 Å². The second-order valence-electron chi connectivity index (χ2n) is 9.45. The molecule has 1 fully saturated rings. The number of benzene rings is 3. The lowest BCUT2D eigenvalue weighted by molar-refractivity contribution is -0.127. The van der Waals surface area contributed by atoms with Crippen molar-refractivity contribution in [3.8, 4) is 11.5 Å². The number of halogens is 3. The summed E-state index contributed by atoms with van der Waals surface area (Å²) in [5, 5.41) is 2.13. The van der Waals surface area contributed by atoms with E-state index in [-0.39, 0.29) is 40.2 Å². The van der Waals surface area contributed by atoms with E-state index in [1.807, 2.05) is 6.92 Å². The van der Waals surface area contributed by atoms with Crippen molar-refractivity contribution >= 4 is 74.1 Å². The molecule has 3 amide bonds. The molecule has 1 heterocycles. The monoisotopic (exact) mass is 704 g/mol. The fourth-order valence-electron chi connectivity index (χ4n) is 3.98. The minimum absolute atomic E-state index is 0.0862. The first kappa shape index (κ1) is 33.0. The Morgan fingerprint density at radius 2 is 1.86 bits per heavy atom. The van der Waals surface area contributed by atoms with E-state index in [2.05, 4.69) is 21.2 Å². The molecule has 9 nitrogen and oxygen atoms in total. The van der Waals surface area contributed by atoms with Crippen molar-refractivity contribution in [3.63, 3.8) is 0 Å². The number of ether oxygens (including phenoxy) is 3. The molecule has 1 aliphatic rings. The van der Waals surface area contributed by atoms with Crippen molar-refractivity contribution in [2.75, 3.05) is 25.6 Å². The average Bonchev–Trinajstić information content (AvgIpc) is 3.25. The number of thioether (sulfide) groups is 1. The first-order chi connectivity index (χ1) is 21.1. The largest absolute Gasteiger partial charge is 0.493 e. The summed E-state index contributed by atoms with van der Waals surface area (Å²) in [7, 11) is 1.46. The van der Waals surface area contributed by atoms with Crippen molar-refractivity contribution in [1.29, 1.82) is 0 Å². The van der Waals surface area contributed by atoms with Crippen LogP contribution in [0.5, 0.6) is 11.5 Å². The summed E-state index contributed by atoms with van der Waals surface area (Å²) in [5.74, 6) is -1.49. The molecule has 3 aromatic carbocycles. The molecule has 0 aromatic heterocycles. The molecule has 0 radical (unpaired) electrons. The van der Waals surface area contributed by atoms with Gasteiger partial charge in [0.1, 0.15) is 19.0 Å². The zero-order chi connectivity index (χ0) is 31.8. The number of imide groups is 1. The average molecular weight is 706 g/mol. The minimum Gasteiger partial charge on any atom is -0.493 e. The zero-order valence-corrected chi connectivity index (χ0v) is 26.8. The highest BCUT2D eigenvalue weighted by Crippen LogP contribution is 2.39. The molecule has 1 aliphatic heterocycles. The number of carbonyl (C=O) groups is 4. The summed E-state index contributed by atoms with van der Waals surface area (Å²) < 4.78 is 30.3. The van der Waals surface area contributed by atoms with Crippen LogP contribution >= 0.6 is 39.3 Å². The van der Waals surface area contributed by atoms with Crippen LogP contribution in [0.4, 0.5) is 14.9 Å². The molecule has 0 atom stereocenters. The maximum atomic E-state index is 13.2. The Hall–Kier alpha value is -3.87. The number of nitrogens with zero attached hydrogens (tertiary/aromatic N) is 1. The second-order valence-corrected chi connectivity index (χ2v) is 11.7. The molecule has 0 unspecified atom stereocenters. The molecule has 4 rings (SSSR count). The molecular formula is C31H27BrClFN2O7S. The lowest BCUT2D eigenvalue weighted by atomic mass is 10.1. The van der Waals surface area contributed by atoms with Gasteiger partial charge < -0.3 is 19.5 Å². The summed E-state index contributed by atoms with van der Waals surface area (Å²) in [5.41, 5.74) is 1.63. The molecule has 0 aliphatic carbocycles. The van der Waals surface area contributed by atoms with E-state index in [9.17, 15) is 23.6 Å². The maximum absolute atomic E-state index is 13.2. The number of hydrogen-bond donors (Lipinski definition) is 1. The zero-order valence-electron chi connectivity index (χ0n) is 23.7. The van der Waals surface area contributed by atoms with Crippen LogP contribution < -0.4 is 14.8 Å². The molecular weight excluding hydrogens is 679 g/mol. The summed E-state index contributed by atoms with van der Waals surface area (Å²) >= 11 is 10.3. The van der Waals surface area contributed by atoms with Gasteiger partial charge in [0, 0.05) is 5.69 Å². The van der Waals surface area contributed by atoms with Gasteiger partial charge >= 0.3 is 5.97 Å². The second kappa shape index (κ2) is 15.2. The molecule has 44 heavy (non-hydrogen) atoms. The number of carbonyl (C=O) groups excluding carboxylic acids is 4. The van der Waals surface area contributed by atoms with Gasteiger partial charge in [0.2, 0.25) is 5.91 Å². The van der Waals surface area contributed by atoms with E-state index in [1.54, 1.807) is 24.3 Å². The van der Waals surface area contributed by atoms with E-state index in [0.717, 1.165) is 16.9 Å². The quantitative estimate of drug-likeness (QED) is 0.118. The standard InChI is InChI=1S/C31H27BrClFN2O7S/c1-3-4-11-42-30(39)22-15-21(9-10-24(22)33)35-27(37)16-36-29(38)26(44-31(36)40)14-19-12-23(32)28(25(13-19)41-2)43-17-18-5-7-20(34)8-6-18/h5-10,12-15H,3-4,11,16-17H2,1-2H3,(H,35,37)/b26-14+. The molecule has 0 saturated carbocycles. The van der Waals surface area contributed by atoms with Crippen molar-refractivity contribution in [1.82, 2.24) is 4.90 Å². The van der Waals surface area contributed by atoms with Crippen LogP contribution in [-0.2, 0) is 20.9 Å². The Balaban J connectivity index is 1.42. The van der Waals surface area contributed by atoms with E-state index >= 15 is 0 Å². The van der Waals surface area contributed by atoms with Gasteiger partial charge in [0.15, 0.2) is 11.5 Å². The summed E-state index contributed by atoms with van der Waals surface area (Å²) in [6, 6.07) is 13.5. The SMILES string of the molecule is CCCCOC(=O)c1cc(NC(=O)CN2C(=O)S/C(=C/c3cc(Br)c(OCc4ccc(F)cc4)c(OC)c3)C2=O)ccc1Cl. The lowest BCUT2D eigenvalue weighted by Gasteiger charge is -2.14. The highest BCUT2D eigenvalue weighted by atomic mass is 79.9. The number of esters is 1. The number of anilines is 1. The van der Waals surface area contributed by atoms with Gasteiger partial charge in [-0.25, -0.2) is 9.18 Å². The first-order valence-electron chi connectivity index (χ1n) is 13.4. The van der Waals surface area contributed by atoms with Crippen LogP contribution in [0, 0.1) is 5.82 Å². The summed E-state index contributed by atoms with van der Waals surface area (Å²) in [4.78, 5) is 51.8. The molecule has 0 bridgehead atoms. The number of nitrogens with one attached hydrogen (secondary N) is 1. The van der Waals surface area contributed by atoms with Gasteiger partial charge in [0.25, 0.3) is 11.1 Å². The van der Waals surface area contributed by atoms with Crippen molar-refractivity contribution < 1.29 is 37.8 Å². The van der Waals surface area contributed by atoms with Crippen molar-refractivity contribution in [3.05, 3.63) is 91.5 Å².